The molecule has 3 heterocycles. The molecule has 28 heavy (non-hydrogen) atoms. The molecule has 1 aromatic carbocycles. The van der Waals surface area contributed by atoms with Gasteiger partial charge in [-0.15, -0.1) is 0 Å². The Bertz CT molecular complexity index is 1020. The van der Waals surface area contributed by atoms with Crippen molar-refractivity contribution in [3.8, 4) is 11.3 Å². The second-order valence-electron chi connectivity index (χ2n) is 7.34. The summed E-state index contributed by atoms with van der Waals surface area (Å²) in [7, 11) is 0. The molecule has 3 aromatic rings. The van der Waals surface area contributed by atoms with Crippen LogP contribution in [0.3, 0.4) is 0 Å². The molecule has 1 aliphatic heterocycles. The zero-order valence-corrected chi connectivity index (χ0v) is 16.3. The largest absolute Gasteiger partial charge is 0.348 e. The fraction of sp³-hybridized carbons (Fsp3) is 0.318. The molecule has 1 amide bonds. The van der Waals surface area contributed by atoms with Gasteiger partial charge in [0.05, 0.1) is 22.8 Å². The molecule has 0 saturated heterocycles. The van der Waals surface area contributed by atoms with Crippen molar-refractivity contribution in [2.45, 2.75) is 26.3 Å². The number of carbonyl (C=O) groups is 1. The topological polar surface area (TPSA) is 71.8 Å². The van der Waals surface area contributed by atoms with Gasteiger partial charge in [-0.05, 0) is 32.9 Å². The molecule has 0 atom stereocenters. The van der Waals surface area contributed by atoms with Crippen LogP contribution in [0.15, 0.2) is 54.2 Å². The highest BCUT2D eigenvalue weighted by atomic mass is 16.1. The number of aromatic nitrogens is 3. The number of nitrogens with zero attached hydrogens (tertiary/aromatic N) is 3. The summed E-state index contributed by atoms with van der Waals surface area (Å²) in [5, 5.41) is 11.6. The van der Waals surface area contributed by atoms with Gasteiger partial charge >= 0.3 is 0 Å². The maximum atomic E-state index is 13.0. The number of pyridine rings is 1. The molecule has 0 fully saturated rings. The quantitative estimate of drug-likeness (QED) is 0.671. The van der Waals surface area contributed by atoms with Crippen LogP contribution in [0, 0.1) is 0 Å². The van der Waals surface area contributed by atoms with Gasteiger partial charge in [-0.1, -0.05) is 42.0 Å². The maximum Gasteiger partial charge on any atom is 0.252 e. The van der Waals surface area contributed by atoms with Crippen molar-refractivity contribution in [3.63, 3.8) is 0 Å². The van der Waals surface area contributed by atoms with Gasteiger partial charge in [-0.3, -0.25) is 4.79 Å². The number of amides is 1. The zero-order valence-electron chi connectivity index (χ0n) is 16.3. The highest BCUT2D eigenvalue weighted by Gasteiger charge is 2.18. The van der Waals surface area contributed by atoms with Crippen LogP contribution in [0.2, 0.25) is 0 Å². The van der Waals surface area contributed by atoms with Crippen LogP contribution in [0.4, 0.5) is 0 Å². The predicted molar refractivity (Wildman–Crippen MR) is 111 cm³/mol. The minimum Gasteiger partial charge on any atom is -0.348 e. The van der Waals surface area contributed by atoms with Gasteiger partial charge in [0.1, 0.15) is 0 Å². The Hall–Kier alpha value is -2.99. The van der Waals surface area contributed by atoms with E-state index in [1.165, 1.54) is 5.57 Å². The van der Waals surface area contributed by atoms with Crippen LogP contribution in [0.5, 0.6) is 0 Å². The third-order valence-corrected chi connectivity index (χ3v) is 5.00. The summed E-state index contributed by atoms with van der Waals surface area (Å²) >= 11 is 0. The van der Waals surface area contributed by atoms with E-state index in [0.717, 1.165) is 41.8 Å². The molecular formula is C22H25N5O. The minimum atomic E-state index is -0.0904. The lowest BCUT2D eigenvalue weighted by Gasteiger charge is -2.15. The van der Waals surface area contributed by atoms with Crippen LogP contribution in [0.1, 0.15) is 36.7 Å². The lowest BCUT2D eigenvalue weighted by molar-refractivity contribution is 0.0958. The first-order chi connectivity index (χ1) is 13.6. The molecule has 4 rings (SSSR count). The Labute approximate surface area is 164 Å². The Morgan fingerprint density at radius 3 is 2.82 bits per heavy atom. The van der Waals surface area contributed by atoms with E-state index < -0.39 is 0 Å². The van der Waals surface area contributed by atoms with Crippen molar-refractivity contribution in [2.24, 2.45) is 0 Å². The van der Waals surface area contributed by atoms with E-state index in [0.29, 0.717) is 12.1 Å². The van der Waals surface area contributed by atoms with Crippen molar-refractivity contribution in [2.75, 3.05) is 19.6 Å². The molecule has 0 unspecified atom stereocenters. The molecule has 2 N–H and O–H groups in total. The van der Waals surface area contributed by atoms with E-state index in [9.17, 15) is 4.79 Å². The fourth-order valence-electron chi connectivity index (χ4n) is 3.46. The van der Waals surface area contributed by atoms with Crippen molar-refractivity contribution in [3.05, 3.63) is 59.8 Å². The number of hydrogen-bond acceptors (Lipinski definition) is 4. The number of benzene rings is 1. The molecule has 0 aliphatic carbocycles. The van der Waals surface area contributed by atoms with Crippen LogP contribution >= 0.6 is 0 Å². The summed E-state index contributed by atoms with van der Waals surface area (Å²) in [5.74, 6) is -0.0904. The first-order valence-electron chi connectivity index (χ1n) is 9.74. The first-order valence-corrected chi connectivity index (χ1v) is 9.74. The zero-order chi connectivity index (χ0) is 19.5. The normalized spacial score (nSPS) is 14.3. The summed E-state index contributed by atoms with van der Waals surface area (Å²) in [6.45, 7) is 6.52. The smallest absolute Gasteiger partial charge is 0.252 e. The van der Waals surface area contributed by atoms with Crippen LogP contribution in [0.25, 0.3) is 22.3 Å². The number of hydrogen-bond donors (Lipinski definition) is 2. The highest BCUT2D eigenvalue weighted by Crippen LogP contribution is 2.26. The summed E-state index contributed by atoms with van der Waals surface area (Å²) in [5.41, 5.74) is 4.38. The van der Waals surface area contributed by atoms with Crippen molar-refractivity contribution in [1.82, 2.24) is 25.4 Å². The molecular weight excluding hydrogens is 350 g/mol. The van der Waals surface area contributed by atoms with Crippen LogP contribution in [-0.2, 0) is 0 Å². The van der Waals surface area contributed by atoms with E-state index in [1.54, 1.807) is 6.20 Å². The van der Waals surface area contributed by atoms with Gasteiger partial charge in [0.15, 0.2) is 5.65 Å². The van der Waals surface area contributed by atoms with E-state index in [4.69, 9.17) is 4.98 Å². The Morgan fingerprint density at radius 2 is 2.11 bits per heavy atom. The lowest BCUT2D eigenvalue weighted by Crippen LogP contribution is -2.29. The minimum absolute atomic E-state index is 0.0904. The molecule has 144 valence electrons. The fourth-order valence-corrected chi connectivity index (χ4v) is 3.46. The van der Waals surface area contributed by atoms with Gasteiger partial charge in [-0.2, -0.15) is 5.10 Å². The average Bonchev–Trinajstić information content (AvgIpc) is 3.17. The highest BCUT2D eigenvalue weighted by molar-refractivity contribution is 6.06. The molecule has 6 heteroatoms. The van der Waals surface area contributed by atoms with E-state index >= 15 is 0 Å². The molecule has 0 bridgehead atoms. The third kappa shape index (κ3) is 3.68. The molecule has 0 saturated carbocycles. The van der Waals surface area contributed by atoms with Crippen LogP contribution < -0.4 is 10.6 Å². The molecule has 6 nitrogen and oxygen atoms in total. The van der Waals surface area contributed by atoms with E-state index in [-0.39, 0.29) is 11.9 Å². The van der Waals surface area contributed by atoms with Gasteiger partial charge in [0.2, 0.25) is 0 Å². The molecule has 2 aromatic heterocycles. The van der Waals surface area contributed by atoms with Crippen LogP contribution in [-0.4, -0.2) is 40.3 Å². The summed E-state index contributed by atoms with van der Waals surface area (Å²) in [4.78, 5) is 17.9. The summed E-state index contributed by atoms with van der Waals surface area (Å²) in [6, 6.07) is 12.0. The maximum absolute atomic E-state index is 13.0. The second-order valence-corrected chi connectivity index (χ2v) is 7.34. The third-order valence-electron chi connectivity index (χ3n) is 5.00. The molecule has 1 aliphatic rings. The summed E-state index contributed by atoms with van der Waals surface area (Å²) in [6.07, 6.45) is 4.86. The van der Waals surface area contributed by atoms with Gasteiger partial charge in [0.25, 0.3) is 5.91 Å². The Morgan fingerprint density at radius 1 is 1.29 bits per heavy atom. The van der Waals surface area contributed by atoms with Gasteiger partial charge in [-0.25, -0.2) is 9.67 Å². The lowest BCUT2D eigenvalue weighted by atomic mass is 10.1. The number of carbonyl (C=O) groups excluding carboxylic acids is 1. The van der Waals surface area contributed by atoms with E-state index in [2.05, 4.69) is 35.7 Å². The molecule has 0 radical (unpaired) electrons. The van der Waals surface area contributed by atoms with Gasteiger partial charge < -0.3 is 10.6 Å². The SMILES string of the molecule is CC(C)n1ncc2c(C(=O)NCC3=CCNCC3)cc(-c3ccccc3)nc21. The van der Waals surface area contributed by atoms with Crippen molar-refractivity contribution >= 4 is 16.9 Å². The summed E-state index contributed by atoms with van der Waals surface area (Å²) < 4.78 is 1.87. The van der Waals surface area contributed by atoms with Gasteiger partial charge in [0, 0.05) is 24.7 Å². The number of rotatable bonds is 5. The van der Waals surface area contributed by atoms with Crippen molar-refractivity contribution < 1.29 is 4.79 Å². The second kappa shape index (κ2) is 7.94. The average molecular weight is 375 g/mol. The number of fused-ring (bicyclic) bond motifs is 1. The number of nitrogens with one attached hydrogen (secondary N) is 2. The van der Waals surface area contributed by atoms with Crippen molar-refractivity contribution in [1.29, 1.82) is 0 Å². The first kappa shape index (κ1) is 18.4. The Balaban J connectivity index is 1.73. The monoisotopic (exact) mass is 375 g/mol. The predicted octanol–water partition coefficient (Wildman–Crippen LogP) is 3.33. The standard InChI is InChI=1S/C22H25N5O/c1-15(2)27-21-19(14-25-27)18(12-20(26-21)17-6-4-3-5-7-17)22(28)24-13-16-8-10-23-11-9-16/h3-8,12,14-15,23H,9-11,13H2,1-2H3,(H,24,28). The molecule has 0 spiro atoms. The Kier molecular flexibility index (Phi) is 5.21. The van der Waals surface area contributed by atoms with E-state index in [1.807, 2.05) is 41.1 Å².